The zero-order chi connectivity index (χ0) is 13.9. The molecular weight excluding hydrogens is 240 g/mol. The number of nitrogens with zero attached hydrogens (tertiary/aromatic N) is 3. The Morgan fingerprint density at radius 2 is 1.68 bits per heavy atom. The highest BCUT2D eigenvalue weighted by atomic mass is 15.1. The topological polar surface area (TPSA) is 88.8 Å². The van der Waals surface area contributed by atoms with Crippen molar-refractivity contribution in [2.45, 2.75) is 26.3 Å². The van der Waals surface area contributed by atoms with Crippen molar-refractivity contribution < 1.29 is 0 Å². The minimum Gasteiger partial charge on any atom is -0.393 e. The van der Waals surface area contributed by atoms with E-state index in [9.17, 15) is 0 Å². The van der Waals surface area contributed by atoms with Gasteiger partial charge in [-0.25, -0.2) is 9.97 Å². The Kier molecular flexibility index (Phi) is 3.50. The molecule has 0 aliphatic heterocycles. The molecule has 2 rings (SSSR count). The van der Waals surface area contributed by atoms with Crippen LogP contribution < -0.4 is 16.4 Å². The third-order valence-corrected chi connectivity index (χ3v) is 2.32. The molecule has 0 radical (unpaired) electrons. The molecule has 0 fully saturated rings. The molecule has 2 heterocycles. The summed E-state index contributed by atoms with van der Waals surface area (Å²) in [7, 11) is 0. The first-order chi connectivity index (χ1) is 8.96. The predicted molar refractivity (Wildman–Crippen MR) is 77.3 cm³/mol. The molecule has 100 valence electrons. The Hall–Kier alpha value is -2.37. The molecule has 19 heavy (non-hydrogen) atoms. The molecule has 4 N–H and O–H groups in total. The van der Waals surface area contributed by atoms with Crippen LogP contribution in [0.25, 0.3) is 0 Å². The van der Waals surface area contributed by atoms with Crippen molar-refractivity contribution in [1.82, 2.24) is 15.0 Å². The molecular formula is C13H18N6. The fraction of sp³-hybridized carbons (Fsp3) is 0.308. The SMILES string of the molecule is CC(C)(C)Nc1ncnc(Nc2ccncc2)c1N. The molecule has 6 heteroatoms. The fourth-order valence-corrected chi connectivity index (χ4v) is 1.52. The third-order valence-electron chi connectivity index (χ3n) is 2.32. The molecule has 0 amide bonds. The Morgan fingerprint density at radius 3 is 2.32 bits per heavy atom. The van der Waals surface area contributed by atoms with E-state index in [1.54, 1.807) is 12.4 Å². The van der Waals surface area contributed by atoms with Crippen LogP contribution in [0.2, 0.25) is 0 Å². The van der Waals surface area contributed by atoms with Crippen LogP contribution in [-0.2, 0) is 0 Å². The first-order valence-corrected chi connectivity index (χ1v) is 6.01. The number of nitrogen functional groups attached to an aromatic ring is 1. The number of aromatic nitrogens is 3. The van der Waals surface area contributed by atoms with Crippen molar-refractivity contribution in [3.63, 3.8) is 0 Å². The molecule has 0 bridgehead atoms. The molecule has 0 saturated carbocycles. The van der Waals surface area contributed by atoms with Crippen LogP contribution in [0.1, 0.15) is 20.8 Å². The maximum Gasteiger partial charge on any atom is 0.159 e. The highest BCUT2D eigenvalue weighted by Gasteiger charge is 2.14. The Morgan fingerprint density at radius 1 is 1.05 bits per heavy atom. The standard InChI is InChI=1S/C13H18N6/c1-13(2,3)19-12-10(14)11(16-8-17-12)18-9-4-6-15-7-5-9/h4-8H,14H2,1-3H3,(H2,15,16,17,18,19). The monoisotopic (exact) mass is 258 g/mol. The quantitative estimate of drug-likeness (QED) is 0.783. The Bertz CT molecular complexity index is 547. The highest BCUT2D eigenvalue weighted by molar-refractivity contribution is 5.77. The minimum absolute atomic E-state index is 0.115. The summed E-state index contributed by atoms with van der Waals surface area (Å²) in [5.74, 6) is 1.20. The summed E-state index contributed by atoms with van der Waals surface area (Å²) in [6.07, 6.45) is 4.88. The van der Waals surface area contributed by atoms with Gasteiger partial charge in [-0.3, -0.25) is 4.98 Å². The van der Waals surface area contributed by atoms with E-state index in [4.69, 9.17) is 5.73 Å². The summed E-state index contributed by atoms with van der Waals surface area (Å²) in [5, 5.41) is 6.39. The van der Waals surface area contributed by atoms with Crippen LogP contribution in [0.3, 0.4) is 0 Å². The average molecular weight is 258 g/mol. The van der Waals surface area contributed by atoms with Crippen molar-refractivity contribution in [2.24, 2.45) is 0 Å². The van der Waals surface area contributed by atoms with Crippen LogP contribution in [0.4, 0.5) is 23.0 Å². The maximum atomic E-state index is 6.07. The van der Waals surface area contributed by atoms with Gasteiger partial charge >= 0.3 is 0 Å². The Balaban J connectivity index is 2.25. The van der Waals surface area contributed by atoms with Gasteiger partial charge < -0.3 is 16.4 Å². The number of anilines is 4. The predicted octanol–water partition coefficient (Wildman–Crippen LogP) is 2.41. The number of hydrogen-bond donors (Lipinski definition) is 3. The normalized spacial score (nSPS) is 11.1. The van der Waals surface area contributed by atoms with E-state index in [1.165, 1.54) is 6.33 Å². The van der Waals surface area contributed by atoms with Gasteiger partial charge in [0.2, 0.25) is 0 Å². The van der Waals surface area contributed by atoms with Gasteiger partial charge in [0.15, 0.2) is 11.6 Å². The summed E-state index contributed by atoms with van der Waals surface area (Å²) >= 11 is 0. The average Bonchev–Trinajstić information content (AvgIpc) is 2.34. The van der Waals surface area contributed by atoms with E-state index >= 15 is 0 Å². The van der Waals surface area contributed by atoms with Gasteiger partial charge in [0.1, 0.15) is 12.0 Å². The van der Waals surface area contributed by atoms with E-state index in [1.807, 2.05) is 32.9 Å². The number of pyridine rings is 1. The van der Waals surface area contributed by atoms with Gasteiger partial charge in [-0.1, -0.05) is 0 Å². The zero-order valence-corrected chi connectivity index (χ0v) is 11.3. The van der Waals surface area contributed by atoms with Crippen LogP contribution in [0.5, 0.6) is 0 Å². The first kappa shape index (κ1) is 13.1. The van der Waals surface area contributed by atoms with E-state index in [-0.39, 0.29) is 5.54 Å². The van der Waals surface area contributed by atoms with E-state index in [2.05, 4.69) is 25.6 Å². The molecule has 0 unspecified atom stereocenters. The number of nitrogens with one attached hydrogen (secondary N) is 2. The molecule has 0 spiro atoms. The largest absolute Gasteiger partial charge is 0.393 e. The smallest absolute Gasteiger partial charge is 0.159 e. The van der Waals surface area contributed by atoms with Gasteiger partial charge in [0.05, 0.1) is 0 Å². The van der Waals surface area contributed by atoms with Gasteiger partial charge in [-0.15, -0.1) is 0 Å². The van der Waals surface area contributed by atoms with Crippen LogP contribution >= 0.6 is 0 Å². The van der Waals surface area contributed by atoms with Gasteiger partial charge in [0, 0.05) is 23.6 Å². The maximum absolute atomic E-state index is 6.07. The van der Waals surface area contributed by atoms with E-state index in [0.29, 0.717) is 17.3 Å². The second-order valence-corrected chi connectivity index (χ2v) is 5.22. The summed E-state index contributed by atoms with van der Waals surface area (Å²) in [6, 6.07) is 3.69. The second-order valence-electron chi connectivity index (χ2n) is 5.22. The lowest BCUT2D eigenvalue weighted by Crippen LogP contribution is -2.27. The minimum atomic E-state index is -0.115. The van der Waals surface area contributed by atoms with Crippen molar-refractivity contribution in [3.8, 4) is 0 Å². The molecule has 2 aromatic rings. The number of nitrogens with two attached hydrogens (primary N) is 1. The molecule has 0 saturated heterocycles. The van der Waals surface area contributed by atoms with Crippen LogP contribution in [0.15, 0.2) is 30.9 Å². The van der Waals surface area contributed by atoms with Crippen molar-refractivity contribution in [3.05, 3.63) is 30.9 Å². The van der Waals surface area contributed by atoms with Crippen molar-refractivity contribution in [2.75, 3.05) is 16.4 Å². The molecule has 0 aliphatic carbocycles. The fourth-order valence-electron chi connectivity index (χ4n) is 1.52. The first-order valence-electron chi connectivity index (χ1n) is 6.01. The lowest BCUT2D eigenvalue weighted by atomic mass is 10.1. The molecule has 2 aromatic heterocycles. The van der Waals surface area contributed by atoms with Crippen LogP contribution in [-0.4, -0.2) is 20.5 Å². The molecule has 0 aromatic carbocycles. The van der Waals surface area contributed by atoms with Gasteiger partial charge in [-0.2, -0.15) is 0 Å². The zero-order valence-electron chi connectivity index (χ0n) is 11.3. The number of rotatable bonds is 3. The highest BCUT2D eigenvalue weighted by Crippen LogP contribution is 2.27. The van der Waals surface area contributed by atoms with Gasteiger partial charge in [0.25, 0.3) is 0 Å². The number of hydrogen-bond acceptors (Lipinski definition) is 6. The summed E-state index contributed by atoms with van der Waals surface area (Å²) < 4.78 is 0. The second kappa shape index (κ2) is 5.09. The molecule has 0 aliphatic rings. The van der Waals surface area contributed by atoms with E-state index in [0.717, 1.165) is 5.69 Å². The van der Waals surface area contributed by atoms with Crippen molar-refractivity contribution in [1.29, 1.82) is 0 Å². The summed E-state index contributed by atoms with van der Waals surface area (Å²) in [5.41, 5.74) is 7.33. The lowest BCUT2D eigenvalue weighted by molar-refractivity contribution is 0.630. The van der Waals surface area contributed by atoms with Gasteiger partial charge in [-0.05, 0) is 32.9 Å². The summed E-state index contributed by atoms with van der Waals surface area (Å²) in [4.78, 5) is 12.3. The molecule has 6 nitrogen and oxygen atoms in total. The van der Waals surface area contributed by atoms with E-state index < -0.39 is 0 Å². The van der Waals surface area contributed by atoms with Crippen molar-refractivity contribution >= 4 is 23.0 Å². The third kappa shape index (κ3) is 3.54. The lowest BCUT2D eigenvalue weighted by Gasteiger charge is -2.22. The molecule has 0 atom stereocenters. The Labute approximate surface area is 112 Å². The summed E-state index contributed by atoms with van der Waals surface area (Å²) in [6.45, 7) is 6.14. The van der Waals surface area contributed by atoms with Crippen LogP contribution in [0, 0.1) is 0 Å².